The Hall–Kier alpha value is -3.41. The van der Waals surface area contributed by atoms with Gasteiger partial charge in [-0.2, -0.15) is 0 Å². The Morgan fingerprint density at radius 1 is 1.04 bits per heavy atom. The molecule has 1 heterocycles. The first-order valence-corrected chi connectivity index (χ1v) is 9.23. The van der Waals surface area contributed by atoms with Crippen LogP contribution in [0.3, 0.4) is 0 Å². The first kappa shape index (κ1) is 19.4. The molecule has 144 valence electrons. The van der Waals surface area contributed by atoms with Gasteiger partial charge in [0.25, 0.3) is 5.56 Å². The maximum absolute atomic E-state index is 12.5. The third kappa shape index (κ3) is 4.65. The number of nitrogens with zero attached hydrogens (tertiary/aromatic N) is 1. The van der Waals surface area contributed by atoms with Crippen molar-refractivity contribution in [3.8, 4) is 0 Å². The molecule has 6 heteroatoms. The molecule has 0 atom stereocenters. The maximum atomic E-state index is 12.5. The number of fused-ring (bicyclic) bond motifs is 1. The largest absolute Gasteiger partial charge is 0.462 e. The molecule has 2 aromatic carbocycles. The summed E-state index contributed by atoms with van der Waals surface area (Å²) < 4.78 is 6.52. The molecule has 6 nitrogen and oxygen atoms in total. The number of esters is 1. The lowest BCUT2D eigenvalue weighted by Crippen LogP contribution is -2.27. The van der Waals surface area contributed by atoms with Gasteiger partial charge in [-0.3, -0.25) is 9.59 Å². The summed E-state index contributed by atoms with van der Waals surface area (Å²) in [5.74, 6) is -0.704. The highest BCUT2D eigenvalue weighted by atomic mass is 16.5. The Labute approximate surface area is 162 Å². The number of nitrogens with one attached hydrogen (secondary N) is 1. The summed E-state index contributed by atoms with van der Waals surface area (Å²) in [5.41, 5.74) is 0.766. The fourth-order valence-electron chi connectivity index (χ4n) is 2.79. The normalized spacial score (nSPS) is 10.6. The third-order valence-electron chi connectivity index (χ3n) is 4.34. The minimum absolute atomic E-state index is 0.0928. The molecular weight excluding hydrogens is 356 g/mol. The molecule has 0 spiro atoms. The topological polar surface area (TPSA) is 77.4 Å². The second-order valence-electron chi connectivity index (χ2n) is 6.45. The van der Waals surface area contributed by atoms with Crippen LogP contribution >= 0.6 is 0 Å². The van der Waals surface area contributed by atoms with Crippen LogP contribution in [0.25, 0.3) is 10.8 Å². The highest BCUT2D eigenvalue weighted by molar-refractivity contribution is 5.93. The van der Waals surface area contributed by atoms with Crippen LogP contribution < -0.4 is 10.9 Å². The van der Waals surface area contributed by atoms with Gasteiger partial charge in [-0.1, -0.05) is 31.5 Å². The number of hydrogen-bond donors (Lipinski definition) is 1. The first-order valence-electron chi connectivity index (χ1n) is 9.23. The zero-order valence-electron chi connectivity index (χ0n) is 15.7. The van der Waals surface area contributed by atoms with E-state index in [1.54, 1.807) is 42.6 Å². The smallest absolute Gasteiger partial charge is 0.338 e. The van der Waals surface area contributed by atoms with E-state index in [9.17, 15) is 14.4 Å². The second kappa shape index (κ2) is 8.99. The lowest BCUT2D eigenvalue weighted by Gasteiger charge is -2.09. The van der Waals surface area contributed by atoms with Crippen LogP contribution in [0.4, 0.5) is 5.69 Å². The summed E-state index contributed by atoms with van der Waals surface area (Å²) in [6, 6.07) is 15.5. The van der Waals surface area contributed by atoms with E-state index in [1.165, 1.54) is 4.57 Å². The number of carbonyl (C=O) groups is 2. The number of carbonyl (C=O) groups excluding carboxylic acids is 2. The molecule has 0 aliphatic heterocycles. The quantitative estimate of drug-likeness (QED) is 0.503. The number of anilines is 1. The number of rotatable bonds is 7. The standard InChI is InChI=1S/C22H22N2O4/c1-2-3-14-28-22(27)17-8-10-18(11-9-17)23-20(25)15-24-13-12-16-6-4-5-7-19(16)21(24)26/h4-13H,2-3,14-15H2,1H3,(H,23,25). The fourth-order valence-corrected chi connectivity index (χ4v) is 2.79. The van der Waals surface area contributed by atoms with E-state index in [1.807, 2.05) is 25.1 Å². The SMILES string of the molecule is CCCCOC(=O)c1ccc(NC(=O)Cn2ccc3ccccc3c2=O)cc1. The Morgan fingerprint density at radius 2 is 1.79 bits per heavy atom. The summed E-state index contributed by atoms with van der Waals surface area (Å²) in [5, 5.41) is 4.14. The maximum Gasteiger partial charge on any atom is 0.338 e. The molecule has 0 fully saturated rings. The molecule has 0 radical (unpaired) electrons. The van der Waals surface area contributed by atoms with Gasteiger partial charge in [0, 0.05) is 17.3 Å². The van der Waals surface area contributed by atoms with Gasteiger partial charge in [0.1, 0.15) is 6.54 Å². The van der Waals surface area contributed by atoms with Crippen LogP contribution in [0, 0.1) is 0 Å². The second-order valence-corrected chi connectivity index (χ2v) is 6.45. The minimum Gasteiger partial charge on any atom is -0.462 e. The Balaban J connectivity index is 1.63. The van der Waals surface area contributed by atoms with E-state index in [2.05, 4.69) is 5.32 Å². The van der Waals surface area contributed by atoms with E-state index >= 15 is 0 Å². The average Bonchev–Trinajstić information content (AvgIpc) is 2.71. The van der Waals surface area contributed by atoms with E-state index < -0.39 is 0 Å². The van der Waals surface area contributed by atoms with Crippen LogP contribution in [-0.2, 0) is 16.1 Å². The van der Waals surface area contributed by atoms with Gasteiger partial charge < -0.3 is 14.6 Å². The molecule has 3 aromatic rings. The van der Waals surface area contributed by atoms with E-state index in [0.29, 0.717) is 23.2 Å². The van der Waals surface area contributed by atoms with Crippen molar-refractivity contribution >= 4 is 28.3 Å². The summed E-state index contributed by atoms with van der Waals surface area (Å²) in [6.07, 6.45) is 3.40. The van der Waals surface area contributed by atoms with Crippen molar-refractivity contribution in [2.45, 2.75) is 26.3 Å². The Bertz CT molecular complexity index is 1040. The molecule has 3 rings (SSSR count). The van der Waals surface area contributed by atoms with Gasteiger partial charge in [0.15, 0.2) is 0 Å². The Kier molecular flexibility index (Phi) is 6.22. The van der Waals surface area contributed by atoms with Crippen molar-refractivity contribution in [2.24, 2.45) is 0 Å². The number of benzene rings is 2. The molecular formula is C22H22N2O4. The van der Waals surface area contributed by atoms with E-state index in [-0.39, 0.29) is 24.0 Å². The van der Waals surface area contributed by atoms with Crippen LogP contribution in [0.1, 0.15) is 30.1 Å². The minimum atomic E-state index is -0.381. The first-order chi connectivity index (χ1) is 13.6. The Morgan fingerprint density at radius 3 is 2.54 bits per heavy atom. The van der Waals surface area contributed by atoms with Crippen molar-refractivity contribution in [3.05, 3.63) is 76.7 Å². The lowest BCUT2D eigenvalue weighted by atomic mass is 10.2. The third-order valence-corrected chi connectivity index (χ3v) is 4.34. The van der Waals surface area contributed by atoms with E-state index in [4.69, 9.17) is 4.74 Å². The zero-order valence-corrected chi connectivity index (χ0v) is 15.7. The molecule has 0 saturated carbocycles. The summed E-state index contributed by atoms with van der Waals surface area (Å²) in [4.78, 5) is 36.7. The molecule has 0 saturated heterocycles. The number of aromatic nitrogens is 1. The van der Waals surface area contributed by atoms with Crippen molar-refractivity contribution in [1.29, 1.82) is 0 Å². The number of hydrogen-bond acceptors (Lipinski definition) is 4. The fraction of sp³-hybridized carbons (Fsp3) is 0.227. The number of unbranched alkanes of at least 4 members (excludes halogenated alkanes) is 1. The average molecular weight is 378 g/mol. The molecule has 28 heavy (non-hydrogen) atoms. The monoisotopic (exact) mass is 378 g/mol. The van der Waals surface area contributed by atoms with Crippen LogP contribution in [0.15, 0.2) is 65.6 Å². The van der Waals surface area contributed by atoms with Crippen molar-refractivity contribution in [1.82, 2.24) is 4.57 Å². The number of ether oxygens (including phenoxy) is 1. The summed E-state index contributed by atoms with van der Waals surface area (Å²) in [6.45, 7) is 2.33. The number of pyridine rings is 1. The molecule has 0 bridgehead atoms. The van der Waals surface area contributed by atoms with Crippen LogP contribution in [0.5, 0.6) is 0 Å². The zero-order chi connectivity index (χ0) is 19.9. The predicted octanol–water partition coefficient (Wildman–Crippen LogP) is 3.60. The van der Waals surface area contributed by atoms with Gasteiger partial charge in [0.2, 0.25) is 5.91 Å². The molecule has 1 amide bonds. The summed E-state index contributed by atoms with van der Waals surface area (Å²) >= 11 is 0. The van der Waals surface area contributed by atoms with Gasteiger partial charge in [0.05, 0.1) is 12.2 Å². The molecule has 0 unspecified atom stereocenters. The molecule has 1 aromatic heterocycles. The van der Waals surface area contributed by atoms with Crippen LogP contribution in [-0.4, -0.2) is 23.1 Å². The predicted molar refractivity (Wildman–Crippen MR) is 108 cm³/mol. The molecule has 0 aliphatic carbocycles. The highest BCUT2D eigenvalue weighted by Gasteiger charge is 2.09. The van der Waals surface area contributed by atoms with Crippen molar-refractivity contribution in [2.75, 3.05) is 11.9 Å². The van der Waals surface area contributed by atoms with Crippen LogP contribution in [0.2, 0.25) is 0 Å². The van der Waals surface area contributed by atoms with E-state index in [0.717, 1.165) is 18.2 Å². The number of amides is 1. The lowest BCUT2D eigenvalue weighted by molar-refractivity contribution is -0.116. The van der Waals surface area contributed by atoms with Gasteiger partial charge >= 0.3 is 5.97 Å². The summed E-state index contributed by atoms with van der Waals surface area (Å²) in [7, 11) is 0. The van der Waals surface area contributed by atoms with Crippen molar-refractivity contribution in [3.63, 3.8) is 0 Å². The van der Waals surface area contributed by atoms with Crippen molar-refractivity contribution < 1.29 is 14.3 Å². The highest BCUT2D eigenvalue weighted by Crippen LogP contribution is 2.12. The van der Waals surface area contributed by atoms with Gasteiger partial charge in [-0.15, -0.1) is 0 Å². The molecule has 0 aliphatic rings. The molecule has 1 N–H and O–H groups in total. The van der Waals surface area contributed by atoms with Gasteiger partial charge in [-0.05, 0) is 48.2 Å². The van der Waals surface area contributed by atoms with Gasteiger partial charge in [-0.25, -0.2) is 4.79 Å².